The number of nitrogens with zero attached hydrogens (tertiary/aromatic N) is 3. The summed E-state index contributed by atoms with van der Waals surface area (Å²) in [7, 11) is 0. The molecule has 0 saturated carbocycles. The summed E-state index contributed by atoms with van der Waals surface area (Å²) in [5.41, 5.74) is 0.727. The maximum atomic E-state index is 13.5. The molecule has 0 saturated heterocycles. The summed E-state index contributed by atoms with van der Waals surface area (Å²) in [6.07, 6.45) is 1.58. The third-order valence-electron chi connectivity index (χ3n) is 2.41. The van der Waals surface area contributed by atoms with Gasteiger partial charge in [-0.3, -0.25) is 0 Å². The first-order chi connectivity index (χ1) is 8.58. The Kier molecular flexibility index (Phi) is 3.66. The summed E-state index contributed by atoms with van der Waals surface area (Å²) in [6.45, 7) is 4.56. The maximum absolute atomic E-state index is 13.5. The fourth-order valence-electron chi connectivity index (χ4n) is 1.48. The molecule has 0 radical (unpaired) electrons. The molecule has 1 heterocycles. The summed E-state index contributed by atoms with van der Waals surface area (Å²) < 4.78 is 27.8. The summed E-state index contributed by atoms with van der Waals surface area (Å²) in [4.78, 5) is 0. The highest BCUT2D eigenvalue weighted by Gasteiger charge is 2.11. The molecule has 2 rings (SSSR count). The average molecular weight is 252 g/mol. The summed E-state index contributed by atoms with van der Waals surface area (Å²) in [5, 5.41) is 10.9. The van der Waals surface area contributed by atoms with Gasteiger partial charge in [0, 0.05) is 12.6 Å². The van der Waals surface area contributed by atoms with Crippen LogP contribution in [0.4, 0.5) is 8.78 Å². The SMILES string of the molecule is CC(C)NCc1cn(-c2cccc(F)c2F)nn1. The van der Waals surface area contributed by atoms with Crippen molar-refractivity contribution in [2.45, 2.75) is 26.4 Å². The van der Waals surface area contributed by atoms with Crippen LogP contribution in [0.15, 0.2) is 24.4 Å². The average Bonchev–Trinajstić information content (AvgIpc) is 2.78. The molecule has 0 aliphatic heterocycles. The van der Waals surface area contributed by atoms with Gasteiger partial charge in [-0.05, 0) is 12.1 Å². The Morgan fingerprint density at radius 2 is 2.11 bits per heavy atom. The third kappa shape index (κ3) is 2.70. The minimum Gasteiger partial charge on any atom is -0.309 e. The molecule has 0 atom stereocenters. The van der Waals surface area contributed by atoms with Crippen molar-refractivity contribution in [3.05, 3.63) is 41.7 Å². The Hall–Kier alpha value is -1.82. The summed E-state index contributed by atoms with van der Waals surface area (Å²) >= 11 is 0. The van der Waals surface area contributed by atoms with Crippen molar-refractivity contribution < 1.29 is 8.78 Å². The fraction of sp³-hybridized carbons (Fsp3) is 0.333. The van der Waals surface area contributed by atoms with Gasteiger partial charge in [0.15, 0.2) is 11.6 Å². The molecule has 2 aromatic rings. The number of aromatic nitrogens is 3. The van der Waals surface area contributed by atoms with Crippen LogP contribution in [0.5, 0.6) is 0 Å². The van der Waals surface area contributed by atoms with Gasteiger partial charge in [0.05, 0.1) is 11.9 Å². The maximum Gasteiger partial charge on any atom is 0.184 e. The molecule has 0 unspecified atom stereocenters. The van der Waals surface area contributed by atoms with Crippen LogP contribution in [0.1, 0.15) is 19.5 Å². The molecule has 1 N–H and O–H groups in total. The zero-order valence-corrected chi connectivity index (χ0v) is 10.2. The number of halogens is 2. The van der Waals surface area contributed by atoms with Gasteiger partial charge >= 0.3 is 0 Å². The molecule has 96 valence electrons. The van der Waals surface area contributed by atoms with Gasteiger partial charge in [-0.25, -0.2) is 13.5 Å². The fourth-order valence-corrected chi connectivity index (χ4v) is 1.48. The smallest absolute Gasteiger partial charge is 0.184 e. The number of nitrogens with one attached hydrogen (secondary N) is 1. The third-order valence-corrected chi connectivity index (χ3v) is 2.41. The molecule has 6 heteroatoms. The monoisotopic (exact) mass is 252 g/mol. The van der Waals surface area contributed by atoms with Gasteiger partial charge in [0.2, 0.25) is 0 Å². The largest absolute Gasteiger partial charge is 0.309 e. The van der Waals surface area contributed by atoms with Crippen LogP contribution >= 0.6 is 0 Å². The molecule has 0 bridgehead atoms. The van der Waals surface area contributed by atoms with E-state index in [1.165, 1.54) is 16.8 Å². The quantitative estimate of drug-likeness (QED) is 0.905. The highest BCUT2D eigenvalue weighted by molar-refractivity contribution is 5.33. The molecule has 18 heavy (non-hydrogen) atoms. The lowest BCUT2D eigenvalue weighted by Gasteiger charge is -2.04. The first-order valence-electron chi connectivity index (χ1n) is 5.67. The molecule has 0 spiro atoms. The molecule has 0 aliphatic rings. The number of hydrogen-bond acceptors (Lipinski definition) is 3. The van der Waals surface area contributed by atoms with Crippen molar-refractivity contribution >= 4 is 0 Å². The van der Waals surface area contributed by atoms with Gasteiger partial charge in [0.1, 0.15) is 5.69 Å². The van der Waals surface area contributed by atoms with Crippen molar-refractivity contribution in [3.63, 3.8) is 0 Å². The van der Waals surface area contributed by atoms with Gasteiger partial charge in [-0.2, -0.15) is 0 Å². The lowest BCUT2D eigenvalue weighted by molar-refractivity contribution is 0.500. The van der Waals surface area contributed by atoms with E-state index in [0.717, 1.165) is 6.07 Å². The van der Waals surface area contributed by atoms with Crippen LogP contribution in [-0.4, -0.2) is 21.0 Å². The lowest BCUT2D eigenvalue weighted by Crippen LogP contribution is -2.21. The minimum atomic E-state index is -0.925. The molecular formula is C12H14F2N4. The molecule has 0 amide bonds. The molecule has 0 aliphatic carbocycles. The van der Waals surface area contributed by atoms with Crippen LogP contribution in [-0.2, 0) is 6.54 Å². The number of benzene rings is 1. The van der Waals surface area contributed by atoms with Crippen molar-refractivity contribution in [1.29, 1.82) is 0 Å². The van der Waals surface area contributed by atoms with Crippen molar-refractivity contribution in [1.82, 2.24) is 20.3 Å². The van der Waals surface area contributed by atoms with Gasteiger partial charge in [-0.1, -0.05) is 25.1 Å². The van der Waals surface area contributed by atoms with E-state index in [4.69, 9.17) is 0 Å². The first kappa shape index (κ1) is 12.6. The van der Waals surface area contributed by atoms with Gasteiger partial charge in [0.25, 0.3) is 0 Å². The van der Waals surface area contributed by atoms with Crippen LogP contribution in [0.25, 0.3) is 5.69 Å². The molecular weight excluding hydrogens is 238 g/mol. The van der Waals surface area contributed by atoms with Crippen LogP contribution in [0.3, 0.4) is 0 Å². The number of hydrogen-bond donors (Lipinski definition) is 1. The predicted octanol–water partition coefficient (Wildman–Crippen LogP) is 2.04. The van der Waals surface area contributed by atoms with Gasteiger partial charge < -0.3 is 5.32 Å². The summed E-state index contributed by atoms with van der Waals surface area (Å²) in [6, 6.07) is 4.27. The van der Waals surface area contributed by atoms with E-state index in [9.17, 15) is 8.78 Å². The zero-order valence-electron chi connectivity index (χ0n) is 10.2. The standard InChI is InChI=1S/C12H14F2N4/c1-8(2)15-6-9-7-18(17-16-9)11-5-3-4-10(13)12(11)14/h3-5,7-8,15H,6H2,1-2H3. The highest BCUT2D eigenvalue weighted by Crippen LogP contribution is 2.15. The molecule has 0 fully saturated rings. The Morgan fingerprint density at radius 1 is 1.33 bits per heavy atom. The van der Waals surface area contributed by atoms with E-state index < -0.39 is 11.6 Å². The zero-order chi connectivity index (χ0) is 13.1. The number of rotatable bonds is 4. The molecule has 1 aromatic heterocycles. The second-order valence-corrected chi connectivity index (χ2v) is 4.26. The topological polar surface area (TPSA) is 42.7 Å². The van der Waals surface area contributed by atoms with Crippen LogP contribution in [0.2, 0.25) is 0 Å². The lowest BCUT2D eigenvalue weighted by atomic mass is 10.3. The van der Waals surface area contributed by atoms with Crippen molar-refractivity contribution in [3.8, 4) is 5.69 Å². The van der Waals surface area contributed by atoms with E-state index in [0.29, 0.717) is 18.3 Å². The van der Waals surface area contributed by atoms with Gasteiger partial charge in [-0.15, -0.1) is 5.10 Å². The summed E-state index contributed by atoms with van der Waals surface area (Å²) in [5.74, 6) is -1.82. The highest BCUT2D eigenvalue weighted by atomic mass is 19.2. The second-order valence-electron chi connectivity index (χ2n) is 4.26. The van der Waals surface area contributed by atoms with E-state index >= 15 is 0 Å². The van der Waals surface area contributed by atoms with E-state index in [1.54, 1.807) is 6.20 Å². The van der Waals surface area contributed by atoms with Crippen molar-refractivity contribution in [2.75, 3.05) is 0 Å². The van der Waals surface area contributed by atoms with Crippen LogP contribution < -0.4 is 5.32 Å². The predicted molar refractivity (Wildman–Crippen MR) is 63.3 cm³/mol. The first-order valence-corrected chi connectivity index (χ1v) is 5.67. The Morgan fingerprint density at radius 3 is 2.83 bits per heavy atom. The molecule has 1 aromatic carbocycles. The minimum absolute atomic E-state index is 0.0540. The Labute approximate surface area is 104 Å². The van der Waals surface area contributed by atoms with Crippen molar-refractivity contribution in [2.24, 2.45) is 0 Å². The Balaban J connectivity index is 2.21. The van der Waals surface area contributed by atoms with Crippen LogP contribution in [0, 0.1) is 11.6 Å². The Bertz CT molecular complexity index is 537. The molecule has 4 nitrogen and oxygen atoms in total. The van der Waals surface area contributed by atoms with E-state index in [-0.39, 0.29) is 5.69 Å². The van der Waals surface area contributed by atoms with E-state index in [1.807, 2.05) is 13.8 Å². The van der Waals surface area contributed by atoms with E-state index in [2.05, 4.69) is 15.6 Å². The normalized spacial score (nSPS) is 11.2. The second kappa shape index (κ2) is 5.22.